The van der Waals surface area contributed by atoms with Gasteiger partial charge in [-0.25, -0.2) is 0 Å². The third-order valence-electron chi connectivity index (χ3n) is 2.93. The molecular weight excluding hydrogens is 126 g/mol. The molecule has 2 aliphatic rings. The molecule has 0 radical (unpaired) electrons. The smallest absolute Gasteiger partial charge is 0.225 e. The van der Waals surface area contributed by atoms with Gasteiger partial charge in [-0.1, -0.05) is 12.8 Å². The molecule has 2 nitrogen and oxygen atoms in total. The van der Waals surface area contributed by atoms with Crippen LogP contribution >= 0.6 is 0 Å². The largest absolute Gasteiger partial charge is 0.350 e. The van der Waals surface area contributed by atoms with E-state index < -0.39 is 0 Å². The number of hydrogen-bond donors (Lipinski definition) is 1. The Morgan fingerprint density at radius 1 is 1.60 bits per heavy atom. The third kappa shape index (κ3) is 0.619. The van der Waals surface area contributed by atoms with E-state index in [1.165, 1.54) is 19.3 Å². The second-order valence-electron chi connectivity index (χ2n) is 3.71. The first kappa shape index (κ1) is 6.20. The fourth-order valence-corrected chi connectivity index (χ4v) is 2.19. The minimum Gasteiger partial charge on any atom is -0.350 e. The molecule has 0 aromatic heterocycles. The highest BCUT2D eigenvalue weighted by Gasteiger charge is 2.50. The number of fused-ring (bicyclic) bond motifs is 1. The topological polar surface area (TPSA) is 29.1 Å². The normalized spacial score (nSPS) is 45.3. The van der Waals surface area contributed by atoms with Gasteiger partial charge in [0.1, 0.15) is 0 Å². The number of nitrogens with one attached hydrogen (secondary N) is 1. The van der Waals surface area contributed by atoms with Gasteiger partial charge in [-0.3, -0.25) is 4.79 Å². The predicted octanol–water partition coefficient (Wildman–Crippen LogP) is 1.07. The monoisotopic (exact) mass is 139 g/mol. The summed E-state index contributed by atoms with van der Waals surface area (Å²) in [6.45, 7) is 2.16. The number of hydrogen-bond acceptors (Lipinski definition) is 1. The first-order valence-electron chi connectivity index (χ1n) is 4.04. The Labute approximate surface area is 61.0 Å². The van der Waals surface area contributed by atoms with Crippen LogP contribution in [-0.2, 0) is 4.79 Å². The Morgan fingerprint density at radius 2 is 2.40 bits per heavy atom. The Bertz CT molecular complexity index is 178. The van der Waals surface area contributed by atoms with E-state index in [4.69, 9.17) is 0 Å². The number of β-lactam (4-membered cyclic amide) rings is 1. The first-order chi connectivity index (χ1) is 4.72. The Balaban J connectivity index is 2.13. The Kier molecular flexibility index (Phi) is 1.08. The maximum atomic E-state index is 11.0. The van der Waals surface area contributed by atoms with E-state index in [2.05, 4.69) is 12.2 Å². The maximum Gasteiger partial charge on any atom is 0.225 e. The summed E-state index contributed by atoms with van der Waals surface area (Å²) in [5, 5.41) is 2.98. The van der Waals surface area contributed by atoms with Crippen LogP contribution in [0.3, 0.4) is 0 Å². The summed E-state index contributed by atoms with van der Waals surface area (Å²) in [5.74, 6) is 0.628. The van der Waals surface area contributed by atoms with Gasteiger partial charge in [0, 0.05) is 5.54 Å². The van der Waals surface area contributed by atoms with Crippen LogP contribution in [0.15, 0.2) is 0 Å². The van der Waals surface area contributed by atoms with Crippen LogP contribution in [0, 0.1) is 5.92 Å². The molecule has 10 heavy (non-hydrogen) atoms. The molecule has 0 unspecified atom stereocenters. The highest BCUT2D eigenvalue weighted by molar-refractivity contribution is 5.87. The average Bonchev–Trinajstić information content (AvgIpc) is 1.86. The second-order valence-corrected chi connectivity index (χ2v) is 3.71. The van der Waals surface area contributed by atoms with Crippen molar-refractivity contribution in [1.29, 1.82) is 0 Å². The van der Waals surface area contributed by atoms with Crippen molar-refractivity contribution in [2.75, 3.05) is 0 Å². The molecular formula is C8H13NO. The van der Waals surface area contributed by atoms with Crippen LogP contribution in [0.4, 0.5) is 0 Å². The summed E-state index contributed by atoms with van der Waals surface area (Å²) in [7, 11) is 0. The van der Waals surface area contributed by atoms with Crippen molar-refractivity contribution in [3.05, 3.63) is 0 Å². The maximum absolute atomic E-state index is 11.0. The molecule has 1 saturated heterocycles. The van der Waals surface area contributed by atoms with Gasteiger partial charge in [0.2, 0.25) is 5.91 Å². The van der Waals surface area contributed by atoms with Crippen LogP contribution in [0.25, 0.3) is 0 Å². The van der Waals surface area contributed by atoms with E-state index in [9.17, 15) is 4.79 Å². The van der Waals surface area contributed by atoms with Gasteiger partial charge in [-0.2, -0.15) is 0 Å². The lowest BCUT2D eigenvalue weighted by atomic mass is 9.68. The van der Waals surface area contributed by atoms with Crippen molar-refractivity contribution in [2.45, 2.75) is 38.1 Å². The Morgan fingerprint density at radius 3 is 2.90 bits per heavy atom. The lowest BCUT2D eigenvalue weighted by molar-refractivity contribution is -0.143. The summed E-state index contributed by atoms with van der Waals surface area (Å²) in [6, 6.07) is 0. The molecule has 1 aliphatic heterocycles. The molecule has 0 aromatic carbocycles. The fourth-order valence-electron chi connectivity index (χ4n) is 2.19. The van der Waals surface area contributed by atoms with Crippen molar-refractivity contribution in [1.82, 2.24) is 5.32 Å². The summed E-state index contributed by atoms with van der Waals surface area (Å²) in [5.41, 5.74) is 0.190. The average molecular weight is 139 g/mol. The van der Waals surface area contributed by atoms with E-state index in [1.54, 1.807) is 0 Å². The van der Waals surface area contributed by atoms with Gasteiger partial charge in [0.05, 0.1) is 5.92 Å². The van der Waals surface area contributed by atoms with Crippen LogP contribution in [-0.4, -0.2) is 11.4 Å². The molecule has 1 amide bonds. The lowest BCUT2D eigenvalue weighted by Crippen LogP contribution is -2.68. The minimum absolute atomic E-state index is 0.190. The summed E-state index contributed by atoms with van der Waals surface area (Å²) in [4.78, 5) is 11.0. The van der Waals surface area contributed by atoms with E-state index in [1.807, 2.05) is 0 Å². The number of rotatable bonds is 0. The SMILES string of the molecule is C[C@@]12CCCC[C@@H]1C(=O)N2. The van der Waals surface area contributed by atoms with Crippen molar-refractivity contribution < 1.29 is 4.79 Å². The standard InChI is InChI=1S/C8H13NO/c1-8-5-3-2-4-6(8)7(10)9-8/h6H,2-5H2,1H3,(H,9,10)/t6-,8-/m1/s1. The van der Waals surface area contributed by atoms with Gasteiger partial charge in [-0.15, -0.1) is 0 Å². The van der Waals surface area contributed by atoms with Gasteiger partial charge in [-0.05, 0) is 19.8 Å². The van der Waals surface area contributed by atoms with Crippen molar-refractivity contribution in [2.24, 2.45) is 5.92 Å². The molecule has 56 valence electrons. The number of carbonyl (C=O) groups excluding carboxylic acids is 1. The third-order valence-corrected chi connectivity index (χ3v) is 2.93. The van der Waals surface area contributed by atoms with Gasteiger partial charge >= 0.3 is 0 Å². The molecule has 0 aromatic rings. The molecule has 2 fully saturated rings. The number of carbonyl (C=O) groups is 1. The summed E-state index contributed by atoms with van der Waals surface area (Å²) >= 11 is 0. The zero-order valence-corrected chi connectivity index (χ0v) is 6.31. The van der Waals surface area contributed by atoms with Crippen LogP contribution < -0.4 is 5.32 Å². The van der Waals surface area contributed by atoms with Crippen LogP contribution in [0.1, 0.15) is 32.6 Å². The van der Waals surface area contributed by atoms with E-state index in [-0.39, 0.29) is 11.4 Å². The molecule has 1 heterocycles. The minimum atomic E-state index is 0.190. The van der Waals surface area contributed by atoms with Crippen molar-refractivity contribution in [3.8, 4) is 0 Å². The molecule has 0 bridgehead atoms. The molecule has 1 saturated carbocycles. The highest BCUT2D eigenvalue weighted by atomic mass is 16.2. The molecule has 1 N–H and O–H groups in total. The van der Waals surface area contributed by atoms with Crippen molar-refractivity contribution >= 4 is 5.91 Å². The van der Waals surface area contributed by atoms with Crippen molar-refractivity contribution in [3.63, 3.8) is 0 Å². The zero-order chi connectivity index (χ0) is 7.19. The Hall–Kier alpha value is -0.530. The molecule has 2 atom stereocenters. The molecule has 2 rings (SSSR count). The second kappa shape index (κ2) is 1.74. The van der Waals surface area contributed by atoms with E-state index >= 15 is 0 Å². The van der Waals surface area contributed by atoms with E-state index in [0.29, 0.717) is 5.92 Å². The molecule has 0 spiro atoms. The zero-order valence-electron chi connectivity index (χ0n) is 6.31. The summed E-state index contributed by atoms with van der Waals surface area (Å²) < 4.78 is 0. The predicted molar refractivity (Wildman–Crippen MR) is 38.5 cm³/mol. The van der Waals surface area contributed by atoms with Crippen LogP contribution in [0.2, 0.25) is 0 Å². The summed E-state index contributed by atoms with van der Waals surface area (Å²) in [6.07, 6.45) is 4.83. The number of amides is 1. The molecule has 2 heteroatoms. The quantitative estimate of drug-likeness (QED) is 0.500. The first-order valence-corrected chi connectivity index (χ1v) is 4.04. The van der Waals surface area contributed by atoms with Crippen LogP contribution in [0.5, 0.6) is 0 Å². The molecule has 1 aliphatic carbocycles. The van der Waals surface area contributed by atoms with Gasteiger partial charge < -0.3 is 5.32 Å². The fraction of sp³-hybridized carbons (Fsp3) is 0.875. The lowest BCUT2D eigenvalue weighted by Gasteiger charge is -2.50. The van der Waals surface area contributed by atoms with Gasteiger partial charge in [0.15, 0.2) is 0 Å². The van der Waals surface area contributed by atoms with E-state index in [0.717, 1.165) is 6.42 Å². The van der Waals surface area contributed by atoms with Gasteiger partial charge in [0.25, 0.3) is 0 Å². The highest BCUT2D eigenvalue weighted by Crippen LogP contribution is 2.39.